The van der Waals surface area contributed by atoms with Crippen LogP contribution < -0.4 is 4.90 Å². The van der Waals surface area contributed by atoms with E-state index in [2.05, 4.69) is 20.8 Å². The summed E-state index contributed by atoms with van der Waals surface area (Å²) in [6.07, 6.45) is 6.17. The number of amides is 1. The van der Waals surface area contributed by atoms with Crippen LogP contribution in [0.25, 0.3) is 0 Å². The van der Waals surface area contributed by atoms with E-state index >= 15 is 0 Å². The number of fused-ring (bicyclic) bond motifs is 6. The Balaban J connectivity index is 1.16. The minimum atomic E-state index is -0.677. The van der Waals surface area contributed by atoms with Crippen molar-refractivity contribution in [2.75, 3.05) is 11.4 Å². The number of hydrogen-bond donors (Lipinski definition) is 3. The van der Waals surface area contributed by atoms with Crippen molar-refractivity contribution in [3.63, 3.8) is 0 Å². The Morgan fingerprint density at radius 1 is 1.08 bits per heavy atom. The molecule has 39 heavy (non-hydrogen) atoms. The monoisotopic (exact) mass is 545 g/mol. The van der Waals surface area contributed by atoms with Gasteiger partial charge in [-0.3, -0.25) is 4.79 Å². The molecule has 0 aromatic heterocycles. The van der Waals surface area contributed by atoms with E-state index in [0.29, 0.717) is 43.7 Å². The number of halogens is 2. The maximum Gasteiger partial charge on any atom is 0.227 e. The molecule has 6 rings (SSSR count). The molecular weight excluding hydrogens is 500 g/mol. The lowest BCUT2D eigenvalue weighted by Gasteiger charge is -2.63. The van der Waals surface area contributed by atoms with Crippen LogP contribution in [0.4, 0.5) is 14.5 Å². The Morgan fingerprint density at radius 2 is 1.85 bits per heavy atom. The first-order valence-corrected chi connectivity index (χ1v) is 15.3. The van der Waals surface area contributed by atoms with Crippen molar-refractivity contribution in [2.24, 2.45) is 46.3 Å². The summed E-state index contributed by atoms with van der Waals surface area (Å²) >= 11 is 0. The number of nitrogens with zero attached hydrogens (tertiary/aromatic N) is 1. The van der Waals surface area contributed by atoms with E-state index in [9.17, 15) is 28.9 Å². The van der Waals surface area contributed by atoms with Gasteiger partial charge in [-0.2, -0.15) is 0 Å². The molecule has 5 nitrogen and oxygen atoms in total. The number of aliphatic hydroxyl groups excluding tert-OH is 3. The average molecular weight is 546 g/mol. The van der Waals surface area contributed by atoms with Gasteiger partial charge in [-0.25, -0.2) is 8.78 Å². The Kier molecular flexibility index (Phi) is 6.91. The third-order valence-electron chi connectivity index (χ3n) is 12.6. The van der Waals surface area contributed by atoms with E-state index in [1.165, 1.54) is 11.0 Å². The summed E-state index contributed by atoms with van der Waals surface area (Å²) in [6.45, 7) is 7.12. The van der Waals surface area contributed by atoms with Crippen LogP contribution in [-0.2, 0) is 11.2 Å². The number of rotatable bonds is 4. The van der Waals surface area contributed by atoms with Gasteiger partial charge in [0.25, 0.3) is 0 Å². The summed E-state index contributed by atoms with van der Waals surface area (Å²) in [4.78, 5) is 14.7. The maximum atomic E-state index is 14.5. The van der Waals surface area contributed by atoms with Crippen LogP contribution in [-0.4, -0.2) is 46.1 Å². The summed E-state index contributed by atoms with van der Waals surface area (Å²) < 4.78 is 28.1. The lowest BCUT2D eigenvalue weighted by atomic mass is 9.43. The quantitative estimate of drug-likeness (QED) is 0.484. The Morgan fingerprint density at radius 3 is 2.62 bits per heavy atom. The molecule has 1 aliphatic heterocycles. The fourth-order valence-electron chi connectivity index (χ4n) is 10.5. The second-order valence-corrected chi connectivity index (χ2v) is 14.2. The van der Waals surface area contributed by atoms with Crippen LogP contribution in [0.15, 0.2) is 12.1 Å². The third kappa shape index (κ3) is 4.20. The fraction of sp³-hybridized carbons (Fsp3) is 0.781. The smallest absolute Gasteiger partial charge is 0.227 e. The molecule has 1 aromatic rings. The summed E-state index contributed by atoms with van der Waals surface area (Å²) in [7, 11) is 0. The van der Waals surface area contributed by atoms with Gasteiger partial charge >= 0.3 is 0 Å². The zero-order valence-electron chi connectivity index (χ0n) is 23.6. The Bertz CT molecular complexity index is 1130. The van der Waals surface area contributed by atoms with E-state index in [-0.39, 0.29) is 58.1 Å². The first-order chi connectivity index (χ1) is 18.4. The lowest BCUT2D eigenvalue weighted by molar-refractivity contribution is -0.207. The van der Waals surface area contributed by atoms with Gasteiger partial charge in [-0.1, -0.05) is 20.8 Å². The standard InChI is InChI=1S/C32H45F2NO4/c1-17(4-7-28(39)35-11-9-18-12-20(33)15-25(34)30(18)35)22-5-6-23-29-24(16-27(38)32(22,23)3)31(2)10-8-21(36)13-19(31)14-26(29)37/h12,15,17,19,21-24,26-27,29,36-38H,4-11,13-14,16H2,1-3H3/t17-,19+,21-,22-,23+,24+,26-,27+,29+,31+,32-/m1/s1. The van der Waals surface area contributed by atoms with E-state index < -0.39 is 23.8 Å². The summed E-state index contributed by atoms with van der Waals surface area (Å²) in [5.41, 5.74) is 0.510. The van der Waals surface area contributed by atoms with Crippen molar-refractivity contribution in [3.05, 3.63) is 29.3 Å². The van der Waals surface area contributed by atoms with Crippen molar-refractivity contribution in [3.8, 4) is 0 Å². The highest BCUT2D eigenvalue weighted by atomic mass is 19.1. The van der Waals surface area contributed by atoms with E-state index in [1.54, 1.807) is 0 Å². The second kappa shape index (κ2) is 9.77. The summed E-state index contributed by atoms with van der Waals surface area (Å²) in [5.74, 6) is -0.00821. The molecule has 0 radical (unpaired) electrons. The molecule has 1 heterocycles. The fourth-order valence-corrected chi connectivity index (χ4v) is 10.5. The molecule has 4 aliphatic carbocycles. The molecule has 4 saturated carbocycles. The predicted octanol–water partition coefficient (Wildman–Crippen LogP) is 5.23. The molecule has 0 unspecified atom stereocenters. The lowest BCUT2D eigenvalue weighted by Crippen LogP contribution is -2.62. The molecule has 1 aromatic carbocycles. The normalized spacial score (nSPS) is 43.8. The molecule has 3 N–H and O–H groups in total. The Hall–Kier alpha value is -1.57. The van der Waals surface area contributed by atoms with Gasteiger partial charge < -0.3 is 20.2 Å². The number of carbonyl (C=O) groups is 1. The van der Waals surface area contributed by atoms with Gasteiger partial charge in [-0.15, -0.1) is 0 Å². The molecule has 1 amide bonds. The van der Waals surface area contributed by atoms with Gasteiger partial charge in [0.1, 0.15) is 11.6 Å². The maximum absolute atomic E-state index is 14.5. The molecule has 0 spiro atoms. The van der Waals surface area contributed by atoms with Gasteiger partial charge in [-0.05, 0) is 116 Å². The third-order valence-corrected chi connectivity index (χ3v) is 12.6. The first kappa shape index (κ1) is 27.6. The highest BCUT2D eigenvalue weighted by Crippen LogP contribution is 2.68. The number of carbonyl (C=O) groups excluding carboxylic acids is 1. The summed E-state index contributed by atoms with van der Waals surface area (Å²) in [6, 6.07) is 2.17. The van der Waals surface area contributed by atoms with Gasteiger partial charge in [0, 0.05) is 19.0 Å². The van der Waals surface area contributed by atoms with Gasteiger partial charge in [0.15, 0.2) is 0 Å². The van der Waals surface area contributed by atoms with Crippen LogP contribution in [0.2, 0.25) is 0 Å². The van der Waals surface area contributed by atoms with Crippen molar-refractivity contribution in [2.45, 2.75) is 103 Å². The van der Waals surface area contributed by atoms with Crippen LogP contribution in [0.1, 0.15) is 84.1 Å². The molecule has 7 heteroatoms. The van der Waals surface area contributed by atoms with E-state index in [4.69, 9.17) is 0 Å². The largest absolute Gasteiger partial charge is 0.393 e. The number of anilines is 1. The minimum Gasteiger partial charge on any atom is -0.393 e. The zero-order valence-corrected chi connectivity index (χ0v) is 23.6. The second-order valence-electron chi connectivity index (χ2n) is 14.2. The summed E-state index contributed by atoms with van der Waals surface area (Å²) in [5, 5.41) is 33.6. The van der Waals surface area contributed by atoms with Crippen LogP contribution in [0, 0.1) is 58.0 Å². The number of hydrogen-bond acceptors (Lipinski definition) is 4. The SMILES string of the molecule is C[C@H](CCC(=O)N1CCc2cc(F)cc(F)c21)[C@H]1CC[C@H]2[C@@H]3[C@H](O)C[C@@H]4C[C@H](O)CC[C@]4(C)[C@H]3C[C@H](O)[C@]12C. The number of aliphatic hydroxyl groups is 3. The van der Waals surface area contributed by atoms with Gasteiger partial charge in [0.05, 0.1) is 24.0 Å². The molecular formula is C32H45F2NO4. The number of benzene rings is 1. The molecule has 0 saturated heterocycles. The van der Waals surface area contributed by atoms with Crippen molar-refractivity contribution >= 4 is 11.6 Å². The van der Waals surface area contributed by atoms with Crippen LogP contribution in [0.5, 0.6) is 0 Å². The van der Waals surface area contributed by atoms with Crippen molar-refractivity contribution in [1.82, 2.24) is 0 Å². The average Bonchev–Trinajstić information content (AvgIpc) is 3.46. The van der Waals surface area contributed by atoms with E-state index in [0.717, 1.165) is 44.6 Å². The Labute approximate surface area is 231 Å². The van der Waals surface area contributed by atoms with Crippen LogP contribution >= 0.6 is 0 Å². The first-order valence-electron chi connectivity index (χ1n) is 15.3. The molecule has 216 valence electrons. The van der Waals surface area contributed by atoms with Gasteiger partial charge in [0.2, 0.25) is 5.91 Å². The molecule has 5 aliphatic rings. The zero-order chi connectivity index (χ0) is 27.9. The van der Waals surface area contributed by atoms with E-state index in [1.807, 2.05) is 0 Å². The van der Waals surface area contributed by atoms with Crippen molar-refractivity contribution in [1.29, 1.82) is 0 Å². The molecule has 4 fully saturated rings. The highest BCUT2D eigenvalue weighted by molar-refractivity contribution is 5.95. The minimum absolute atomic E-state index is 0.0474. The van der Waals surface area contributed by atoms with Crippen LogP contribution in [0.3, 0.4) is 0 Å². The predicted molar refractivity (Wildman–Crippen MR) is 145 cm³/mol. The highest BCUT2D eigenvalue weighted by Gasteiger charge is 2.65. The van der Waals surface area contributed by atoms with Crippen molar-refractivity contribution < 1.29 is 28.9 Å². The topological polar surface area (TPSA) is 81.0 Å². The molecule has 0 bridgehead atoms. The molecule has 11 atom stereocenters.